The molecular formula is C15H28Cl2N4OS. The van der Waals surface area contributed by atoms with Crippen LogP contribution in [0.1, 0.15) is 24.5 Å². The number of nitrogens with zero attached hydrogens (tertiary/aromatic N) is 3. The lowest BCUT2D eigenvalue weighted by Crippen LogP contribution is -2.50. The summed E-state index contributed by atoms with van der Waals surface area (Å²) in [6.07, 6.45) is 1.01. The number of hydrogen-bond acceptors (Lipinski definition) is 5. The molecule has 1 atom stereocenters. The van der Waals surface area contributed by atoms with Crippen molar-refractivity contribution in [1.29, 1.82) is 0 Å². The second-order valence-corrected chi connectivity index (χ2v) is 6.59. The van der Waals surface area contributed by atoms with Crippen LogP contribution >= 0.6 is 36.2 Å². The third-order valence-corrected chi connectivity index (χ3v) is 4.95. The molecule has 1 aliphatic rings. The van der Waals surface area contributed by atoms with Crippen LogP contribution < -0.4 is 5.32 Å². The summed E-state index contributed by atoms with van der Waals surface area (Å²) in [6, 6.07) is 0. The molecular weight excluding hydrogens is 355 g/mol. The van der Waals surface area contributed by atoms with Crippen LogP contribution in [0.25, 0.3) is 0 Å². The van der Waals surface area contributed by atoms with Crippen LogP contribution in [0.3, 0.4) is 0 Å². The molecule has 1 unspecified atom stereocenters. The van der Waals surface area contributed by atoms with Crippen LogP contribution in [0.15, 0.2) is 5.38 Å². The van der Waals surface area contributed by atoms with Crippen molar-refractivity contribution in [3.8, 4) is 0 Å². The van der Waals surface area contributed by atoms with E-state index in [1.54, 1.807) is 11.3 Å². The lowest BCUT2D eigenvalue weighted by atomic mass is 10.1. The molecule has 8 heteroatoms. The van der Waals surface area contributed by atoms with Crippen molar-refractivity contribution < 1.29 is 4.79 Å². The van der Waals surface area contributed by atoms with Crippen molar-refractivity contribution in [3.05, 3.63) is 16.1 Å². The molecule has 0 saturated carbocycles. The molecule has 2 heterocycles. The normalized spacial score (nSPS) is 16.4. The average molecular weight is 383 g/mol. The molecule has 2 rings (SSSR count). The van der Waals surface area contributed by atoms with Crippen LogP contribution in [0.2, 0.25) is 0 Å². The van der Waals surface area contributed by atoms with Gasteiger partial charge < -0.3 is 10.2 Å². The summed E-state index contributed by atoms with van der Waals surface area (Å²) in [4.78, 5) is 21.3. The smallest absolute Gasteiger partial charge is 0.226 e. The number of rotatable bonds is 6. The van der Waals surface area contributed by atoms with Crippen LogP contribution in [0.5, 0.6) is 0 Å². The maximum Gasteiger partial charge on any atom is 0.226 e. The summed E-state index contributed by atoms with van der Waals surface area (Å²) in [5.41, 5.74) is 1.17. The maximum atomic E-state index is 12.3. The maximum absolute atomic E-state index is 12.3. The summed E-state index contributed by atoms with van der Waals surface area (Å²) in [6.45, 7) is 9.33. The molecule has 1 aromatic rings. The number of amides is 1. The van der Waals surface area contributed by atoms with Gasteiger partial charge in [0.1, 0.15) is 0 Å². The lowest BCUT2D eigenvalue weighted by molar-refractivity contribution is -0.136. The molecule has 0 aromatic carbocycles. The number of halogens is 2. The molecule has 0 radical (unpaired) electrons. The van der Waals surface area contributed by atoms with E-state index in [2.05, 4.69) is 27.5 Å². The zero-order valence-electron chi connectivity index (χ0n) is 14.1. The monoisotopic (exact) mass is 382 g/mol. The van der Waals surface area contributed by atoms with Gasteiger partial charge >= 0.3 is 0 Å². The van der Waals surface area contributed by atoms with Crippen LogP contribution in [-0.4, -0.2) is 60.5 Å². The Bertz CT molecular complexity index is 464. The van der Waals surface area contributed by atoms with E-state index in [1.807, 2.05) is 18.9 Å². The number of carbonyl (C=O) groups is 1. The summed E-state index contributed by atoms with van der Waals surface area (Å²) < 4.78 is 0. The standard InChI is InChI=1S/C15H26N4OS.2ClH/c1-4-14-17-13(11-21-14)10-18-5-7-19(8-6-18)15(20)12(2)9-16-3;;/h11-12,16H,4-10H2,1-3H3;2*1H. The number of thiazole rings is 1. The molecule has 1 fully saturated rings. The molecule has 1 aliphatic heterocycles. The number of carbonyl (C=O) groups excluding carboxylic acids is 1. The van der Waals surface area contributed by atoms with Crippen molar-refractivity contribution in [2.45, 2.75) is 26.8 Å². The van der Waals surface area contributed by atoms with Crippen molar-refractivity contribution in [1.82, 2.24) is 20.1 Å². The molecule has 0 aliphatic carbocycles. The highest BCUT2D eigenvalue weighted by atomic mass is 35.5. The Balaban J connectivity index is 0.00000242. The minimum Gasteiger partial charge on any atom is -0.340 e. The first-order valence-corrected chi connectivity index (χ1v) is 8.61. The molecule has 1 saturated heterocycles. The van der Waals surface area contributed by atoms with Crippen LogP contribution in [0.4, 0.5) is 0 Å². The Kier molecular flexibility index (Phi) is 11.0. The van der Waals surface area contributed by atoms with Crippen molar-refractivity contribution in [2.75, 3.05) is 39.8 Å². The Morgan fingerprint density at radius 2 is 2.00 bits per heavy atom. The van der Waals surface area contributed by atoms with Crippen molar-refractivity contribution in [3.63, 3.8) is 0 Å². The highest BCUT2D eigenvalue weighted by Crippen LogP contribution is 2.14. The minimum atomic E-state index is 0. The van der Waals surface area contributed by atoms with E-state index in [4.69, 9.17) is 0 Å². The second-order valence-electron chi connectivity index (χ2n) is 5.65. The number of nitrogens with one attached hydrogen (secondary N) is 1. The van der Waals surface area contributed by atoms with Gasteiger partial charge in [0.25, 0.3) is 0 Å². The zero-order valence-corrected chi connectivity index (χ0v) is 16.5. The number of aromatic nitrogens is 1. The number of piperazine rings is 1. The fourth-order valence-electron chi connectivity index (χ4n) is 2.64. The number of aryl methyl sites for hydroxylation is 1. The van der Waals surface area contributed by atoms with Gasteiger partial charge in [0.05, 0.1) is 10.7 Å². The van der Waals surface area contributed by atoms with Crippen molar-refractivity contribution in [2.24, 2.45) is 5.92 Å². The molecule has 5 nitrogen and oxygen atoms in total. The van der Waals surface area contributed by atoms with Crippen LogP contribution in [0, 0.1) is 5.92 Å². The van der Waals surface area contributed by atoms with E-state index in [-0.39, 0.29) is 36.6 Å². The lowest BCUT2D eigenvalue weighted by Gasteiger charge is -2.35. The summed E-state index contributed by atoms with van der Waals surface area (Å²) >= 11 is 1.74. The largest absolute Gasteiger partial charge is 0.340 e. The van der Waals surface area contributed by atoms with Gasteiger partial charge in [0.15, 0.2) is 0 Å². The summed E-state index contributed by atoms with van der Waals surface area (Å²) in [5, 5.41) is 6.44. The topological polar surface area (TPSA) is 48.5 Å². The first-order chi connectivity index (χ1) is 10.1. The van der Waals surface area contributed by atoms with Gasteiger partial charge in [-0.2, -0.15) is 0 Å². The Morgan fingerprint density at radius 3 is 2.52 bits per heavy atom. The predicted molar refractivity (Wildman–Crippen MR) is 101 cm³/mol. The Labute approximate surface area is 155 Å². The first kappa shape index (κ1) is 22.6. The third-order valence-electron chi connectivity index (χ3n) is 3.90. The fourth-order valence-corrected chi connectivity index (χ4v) is 3.38. The van der Waals surface area contributed by atoms with Gasteiger partial charge in [-0.05, 0) is 13.5 Å². The first-order valence-electron chi connectivity index (χ1n) is 7.73. The van der Waals surface area contributed by atoms with Crippen molar-refractivity contribution >= 4 is 42.1 Å². The minimum absolute atomic E-state index is 0. The average Bonchev–Trinajstić information content (AvgIpc) is 2.95. The predicted octanol–water partition coefficient (Wildman–Crippen LogP) is 2.05. The molecule has 134 valence electrons. The zero-order chi connectivity index (χ0) is 15.2. The molecule has 23 heavy (non-hydrogen) atoms. The molecule has 1 N–H and O–H groups in total. The highest BCUT2D eigenvalue weighted by molar-refractivity contribution is 7.09. The Morgan fingerprint density at radius 1 is 1.35 bits per heavy atom. The van der Waals surface area contributed by atoms with Gasteiger partial charge in [-0.1, -0.05) is 13.8 Å². The van der Waals surface area contributed by atoms with Gasteiger partial charge in [-0.25, -0.2) is 4.98 Å². The second kappa shape index (κ2) is 11.2. The molecule has 1 aromatic heterocycles. The van der Waals surface area contributed by atoms with Gasteiger partial charge in [-0.3, -0.25) is 9.69 Å². The van der Waals surface area contributed by atoms with Gasteiger partial charge in [0, 0.05) is 50.6 Å². The van der Waals surface area contributed by atoms with E-state index in [0.29, 0.717) is 0 Å². The Hall–Kier alpha value is -0.400. The van der Waals surface area contributed by atoms with Gasteiger partial charge in [-0.15, -0.1) is 36.2 Å². The molecule has 0 bridgehead atoms. The van der Waals surface area contributed by atoms with E-state index in [0.717, 1.165) is 45.7 Å². The van der Waals surface area contributed by atoms with Gasteiger partial charge in [0.2, 0.25) is 5.91 Å². The summed E-state index contributed by atoms with van der Waals surface area (Å²) in [5.74, 6) is 0.332. The summed E-state index contributed by atoms with van der Waals surface area (Å²) in [7, 11) is 1.89. The molecule has 1 amide bonds. The highest BCUT2D eigenvalue weighted by Gasteiger charge is 2.24. The van der Waals surface area contributed by atoms with E-state index in [1.165, 1.54) is 10.7 Å². The fraction of sp³-hybridized carbons (Fsp3) is 0.733. The van der Waals surface area contributed by atoms with Crippen LogP contribution in [-0.2, 0) is 17.8 Å². The third kappa shape index (κ3) is 6.55. The van der Waals surface area contributed by atoms with E-state index in [9.17, 15) is 4.79 Å². The molecule has 0 spiro atoms. The van der Waals surface area contributed by atoms with E-state index < -0.39 is 0 Å². The van der Waals surface area contributed by atoms with E-state index >= 15 is 0 Å². The SMILES string of the molecule is CCc1nc(CN2CCN(C(=O)C(C)CNC)CC2)cs1.Cl.Cl. The number of hydrogen-bond donors (Lipinski definition) is 1. The quantitative estimate of drug-likeness (QED) is 0.817.